The number of carbonyl (C=O) groups excluding carboxylic acids is 1. The second-order valence-corrected chi connectivity index (χ2v) is 8.96. The summed E-state index contributed by atoms with van der Waals surface area (Å²) in [5, 5.41) is 7.49. The number of nitrogens with zero attached hydrogens (tertiary/aromatic N) is 5. The highest BCUT2D eigenvalue weighted by atomic mass is 16.5. The van der Waals surface area contributed by atoms with Gasteiger partial charge in [-0.15, -0.1) is 0 Å². The fourth-order valence-electron chi connectivity index (χ4n) is 5.03. The summed E-state index contributed by atoms with van der Waals surface area (Å²) in [7, 11) is 3.63. The number of hydrogen-bond donors (Lipinski definition) is 2. The van der Waals surface area contributed by atoms with E-state index in [0.717, 1.165) is 6.42 Å². The smallest absolute Gasteiger partial charge is 0.274 e. The Kier molecular flexibility index (Phi) is 4.46. The Morgan fingerprint density at radius 3 is 2.85 bits per heavy atom. The van der Waals surface area contributed by atoms with Gasteiger partial charge in [0.1, 0.15) is 22.9 Å². The first-order valence-corrected chi connectivity index (χ1v) is 11.0. The van der Waals surface area contributed by atoms with Gasteiger partial charge in [-0.2, -0.15) is 9.61 Å². The van der Waals surface area contributed by atoms with Crippen molar-refractivity contribution in [2.75, 3.05) is 37.6 Å². The van der Waals surface area contributed by atoms with Crippen LogP contribution in [-0.2, 0) is 9.47 Å². The Morgan fingerprint density at radius 2 is 2.15 bits per heavy atom. The van der Waals surface area contributed by atoms with Crippen molar-refractivity contribution >= 4 is 28.9 Å². The molecule has 2 saturated carbocycles. The van der Waals surface area contributed by atoms with Crippen molar-refractivity contribution in [3.05, 3.63) is 46.5 Å². The number of anilines is 3. The van der Waals surface area contributed by atoms with E-state index in [1.54, 1.807) is 22.3 Å². The molecule has 3 aliphatic rings. The van der Waals surface area contributed by atoms with E-state index in [9.17, 15) is 9.59 Å². The van der Waals surface area contributed by atoms with Gasteiger partial charge in [-0.1, -0.05) is 0 Å². The quantitative estimate of drug-likeness (QED) is 0.539. The third-order valence-electron chi connectivity index (χ3n) is 7.05. The van der Waals surface area contributed by atoms with E-state index < -0.39 is 5.91 Å². The Morgan fingerprint density at radius 1 is 1.36 bits per heavy atom. The standard InChI is InChI=1S/C22H25N7O4/c1-27(15-6-16(15)32-2)18-7-17(26-21-11(20(23)30)8-24-29(18)21)25-14-4-3-5-28(22(14)31)19-12-9-33-10-13(12)19/h3-5,7-8,12-13,15-16,19H,6,9-10H2,1-2H3,(H2,23,30)(H,25,26). The Labute approximate surface area is 189 Å². The van der Waals surface area contributed by atoms with Gasteiger partial charge in [-0.25, -0.2) is 4.98 Å². The van der Waals surface area contributed by atoms with Gasteiger partial charge >= 0.3 is 0 Å². The van der Waals surface area contributed by atoms with Crippen molar-refractivity contribution in [1.29, 1.82) is 0 Å². The average Bonchev–Trinajstić information content (AvgIpc) is 3.61. The van der Waals surface area contributed by atoms with Crippen molar-refractivity contribution in [3.63, 3.8) is 0 Å². The number of pyridine rings is 1. The van der Waals surface area contributed by atoms with E-state index in [0.29, 0.717) is 48.0 Å². The normalized spacial score (nSPS) is 27.4. The molecule has 11 nitrogen and oxygen atoms in total. The van der Waals surface area contributed by atoms with Crippen LogP contribution in [0.4, 0.5) is 17.3 Å². The second-order valence-electron chi connectivity index (χ2n) is 8.96. The van der Waals surface area contributed by atoms with Crippen LogP contribution in [-0.4, -0.2) is 64.6 Å². The predicted octanol–water partition coefficient (Wildman–Crippen LogP) is 0.774. The lowest BCUT2D eigenvalue weighted by molar-refractivity contribution is 0.100. The molecule has 172 valence electrons. The van der Waals surface area contributed by atoms with Gasteiger partial charge in [0.15, 0.2) is 5.65 Å². The molecule has 3 N–H and O–H groups in total. The molecule has 33 heavy (non-hydrogen) atoms. The Bertz CT molecular complexity index is 1310. The lowest BCUT2D eigenvalue weighted by Crippen LogP contribution is -2.26. The average molecular weight is 451 g/mol. The summed E-state index contributed by atoms with van der Waals surface area (Å²) in [4.78, 5) is 31.8. The van der Waals surface area contributed by atoms with Crippen LogP contribution in [0.5, 0.6) is 0 Å². The highest BCUT2D eigenvalue weighted by Gasteiger charge is 2.55. The van der Waals surface area contributed by atoms with Crippen LogP contribution in [0.25, 0.3) is 5.65 Å². The van der Waals surface area contributed by atoms with Crippen molar-refractivity contribution in [2.45, 2.75) is 24.6 Å². The number of primary amides is 1. The largest absolute Gasteiger partial charge is 0.381 e. The van der Waals surface area contributed by atoms with E-state index in [1.165, 1.54) is 6.20 Å². The van der Waals surface area contributed by atoms with Crippen molar-refractivity contribution in [2.24, 2.45) is 17.6 Å². The fourth-order valence-corrected chi connectivity index (χ4v) is 5.03. The number of rotatable bonds is 7. The van der Waals surface area contributed by atoms with Crippen molar-refractivity contribution < 1.29 is 14.3 Å². The van der Waals surface area contributed by atoms with E-state index in [4.69, 9.17) is 15.2 Å². The lowest BCUT2D eigenvalue weighted by Gasteiger charge is -2.21. The number of carbonyl (C=O) groups is 1. The molecule has 4 heterocycles. The maximum absolute atomic E-state index is 13.2. The summed E-state index contributed by atoms with van der Waals surface area (Å²) in [5.41, 5.74) is 6.39. The molecule has 2 aliphatic carbocycles. The number of nitrogens with one attached hydrogen (secondary N) is 1. The van der Waals surface area contributed by atoms with E-state index in [2.05, 4.69) is 15.4 Å². The van der Waals surface area contributed by atoms with Crippen LogP contribution in [0.15, 0.2) is 35.4 Å². The first-order chi connectivity index (χ1) is 16.0. The van der Waals surface area contributed by atoms with Gasteiger partial charge in [0.05, 0.1) is 31.6 Å². The number of ether oxygens (including phenoxy) is 2. The minimum Gasteiger partial charge on any atom is -0.381 e. The molecular formula is C22H25N7O4. The number of nitrogens with two attached hydrogens (primary N) is 1. The number of methoxy groups -OCH3 is 1. The summed E-state index contributed by atoms with van der Waals surface area (Å²) in [6, 6.07) is 5.76. The molecule has 0 radical (unpaired) electrons. The number of aromatic nitrogens is 4. The van der Waals surface area contributed by atoms with Crippen LogP contribution in [0.1, 0.15) is 22.8 Å². The molecule has 1 aliphatic heterocycles. The van der Waals surface area contributed by atoms with E-state index >= 15 is 0 Å². The van der Waals surface area contributed by atoms with Gasteiger partial charge in [-0.3, -0.25) is 9.59 Å². The summed E-state index contributed by atoms with van der Waals surface area (Å²) >= 11 is 0. The van der Waals surface area contributed by atoms with Crippen LogP contribution in [0, 0.1) is 11.8 Å². The maximum Gasteiger partial charge on any atom is 0.274 e. The first kappa shape index (κ1) is 20.2. The second kappa shape index (κ2) is 7.29. The van der Waals surface area contributed by atoms with Gasteiger partial charge in [-0.05, 0) is 18.6 Å². The zero-order chi connectivity index (χ0) is 22.9. The molecule has 11 heteroatoms. The maximum atomic E-state index is 13.2. The number of hydrogen-bond acceptors (Lipinski definition) is 8. The molecule has 4 unspecified atom stereocenters. The highest BCUT2D eigenvalue weighted by molar-refractivity contribution is 5.99. The van der Waals surface area contributed by atoms with Crippen LogP contribution >= 0.6 is 0 Å². The van der Waals surface area contributed by atoms with E-state index in [1.807, 2.05) is 30.3 Å². The molecular weight excluding hydrogens is 426 g/mol. The third kappa shape index (κ3) is 3.18. The highest BCUT2D eigenvalue weighted by Crippen LogP contribution is 2.53. The topological polar surface area (TPSA) is 129 Å². The van der Waals surface area contributed by atoms with Crippen LogP contribution in [0.3, 0.4) is 0 Å². The lowest BCUT2D eigenvalue weighted by atomic mass is 10.3. The number of fused-ring (bicyclic) bond motifs is 2. The molecule has 6 rings (SSSR count). The molecule has 3 aromatic rings. The van der Waals surface area contributed by atoms with Crippen molar-refractivity contribution in [1.82, 2.24) is 19.2 Å². The van der Waals surface area contributed by atoms with Crippen LogP contribution in [0.2, 0.25) is 0 Å². The monoisotopic (exact) mass is 451 g/mol. The Balaban J connectivity index is 1.38. The molecule has 1 amide bonds. The Hall–Kier alpha value is -3.44. The summed E-state index contributed by atoms with van der Waals surface area (Å²) < 4.78 is 14.3. The zero-order valence-corrected chi connectivity index (χ0v) is 18.3. The summed E-state index contributed by atoms with van der Waals surface area (Å²) in [6.07, 6.45) is 4.26. The number of likely N-dealkylation sites (N-methyl/N-ethyl adjacent to an activating group) is 1. The molecule has 1 saturated heterocycles. The third-order valence-corrected chi connectivity index (χ3v) is 7.05. The predicted molar refractivity (Wildman–Crippen MR) is 120 cm³/mol. The molecule has 0 aromatic carbocycles. The minimum atomic E-state index is -0.617. The molecule has 0 spiro atoms. The number of amides is 1. The molecule has 3 fully saturated rings. The summed E-state index contributed by atoms with van der Waals surface area (Å²) in [6.45, 7) is 1.40. The zero-order valence-electron chi connectivity index (χ0n) is 18.3. The van der Waals surface area contributed by atoms with Crippen molar-refractivity contribution in [3.8, 4) is 0 Å². The van der Waals surface area contributed by atoms with Crippen LogP contribution < -0.4 is 21.5 Å². The molecule has 4 atom stereocenters. The first-order valence-electron chi connectivity index (χ1n) is 11.0. The van der Waals surface area contributed by atoms with Gasteiger partial charge < -0.3 is 30.0 Å². The minimum absolute atomic E-state index is 0.112. The molecule has 0 bridgehead atoms. The van der Waals surface area contributed by atoms with Gasteiger partial charge in [0.2, 0.25) is 0 Å². The van der Waals surface area contributed by atoms with Gasteiger partial charge in [0.25, 0.3) is 11.5 Å². The van der Waals surface area contributed by atoms with E-state index in [-0.39, 0.29) is 29.3 Å². The molecule has 3 aromatic heterocycles. The SMILES string of the molecule is COC1CC1N(C)c1cc(Nc2cccn(C3C4COCC43)c2=O)nc2c(C(N)=O)cnn12. The van der Waals surface area contributed by atoms with Gasteiger partial charge in [0, 0.05) is 44.3 Å². The summed E-state index contributed by atoms with van der Waals surface area (Å²) in [5.74, 6) is 1.34. The fraction of sp³-hybridized carbons (Fsp3) is 0.455.